The zero-order chi connectivity index (χ0) is 47.4. The van der Waals surface area contributed by atoms with Crippen LogP contribution in [0.1, 0.15) is 31.8 Å². The summed E-state index contributed by atoms with van der Waals surface area (Å²) in [6, 6.07) is 12.7. The summed E-state index contributed by atoms with van der Waals surface area (Å²) in [4.78, 5) is 35.8. The van der Waals surface area contributed by atoms with Crippen LogP contribution in [0.25, 0.3) is 12.2 Å². The van der Waals surface area contributed by atoms with Gasteiger partial charge < -0.3 is 20.8 Å². The molecule has 2 aliphatic carbocycles. The van der Waals surface area contributed by atoms with E-state index in [9.17, 15) is 71.7 Å². The van der Waals surface area contributed by atoms with E-state index in [1.54, 1.807) is 0 Å². The van der Waals surface area contributed by atoms with E-state index in [1.807, 2.05) is 0 Å². The normalized spacial score (nSPS) is 14.2. The number of halogens is 1. The number of allylic oxidation sites excluding steroid dienone is 2. The Hall–Kier alpha value is -2.18. The Morgan fingerprint density at radius 2 is 0.845 bits per heavy atom. The number of benzene rings is 4. The second-order valence-electron chi connectivity index (χ2n) is 13.2. The van der Waals surface area contributed by atoms with Crippen molar-refractivity contribution in [1.29, 1.82) is 0 Å². The number of aromatic nitrogens is 3. The fourth-order valence-electron chi connectivity index (χ4n) is 5.92. The molecule has 5 aromatic rings. The maximum Gasteiger partial charge on any atom is 1.00 e. The zero-order valence-corrected chi connectivity index (χ0v) is 50.1. The van der Waals surface area contributed by atoms with Gasteiger partial charge >= 0.3 is 118 Å². The van der Waals surface area contributed by atoms with Crippen LogP contribution >= 0.6 is 11.6 Å². The largest absolute Gasteiger partial charge is 1.00 e. The monoisotopic (exact) mass is 1210 g/mol. The van der Waals surface area contributed by atoms with Crippen LogP contribution in [0.4, 0.5) is 34.6 Å². The average Bonchev–Trinajstić information content (AvgIpc) is 3.19. The molecule has 0 aliphatic heterocycles. The van der Waals surface area contributed by atoms with E-state index in [4.69, 9.17) is 11.6 Å². The molecule has 0 fully saturated rings. The standard InChI is InChI=1S/C35H24ClN9O16S4.2Cu.4Na/c36-33-39-34(37-17-1-5-21-15(9-17)11-27(64(56,57)58)29(31(21)48)44-42-23-13-19(62(50,51)52)3-7-25(23)46)41-35(40-33)38-18-2-6-22-16(10-18)12-28(65(59,60)61)30(32(22)49)45-43-24-14-20(63(53,54)55)4-8-26(24)47;;;;;;/h1-14,42-43,46-47H,(H,50,51,52)(H,53,54,55)(H,56,57,58)(H,59,60,61)(H2,37,38,39,40,41);;;;;;/q;;;4*+1. The molecule has 2 aliphatic rings. The number of carbonyl (C=O) groups excluding carboxylic acids is 2. The van der Waals surface area contributed by atoms with E-state index >= 15 is 0 Å². The van der Waals surface area contributed by atoms with Gasteiger partial charge in [0, 0.05) is 56.6 Å². The van der Waals surface area contributed by atoms with Crippen molar-refractivity contribution in [3.63, 3.8) is 0 Å². The molecule has 0 atom stereocenters. The minimum absolute atomic E-state index is 0. The van der Waals surface area contributed by atoms with Gasteiger partial charge in [0.05, 0.1) is 21.2 Å². The van der Waals surface area contributed by atoms with Gasteiger partial charge in [-0.15, -0.1) is 0 Å². The molecule has 0 unspecified atom stereocenters. The third kappa shape index (κ3) is 15.9. The summed E-state index contributed by atoms with van der Waals surface area (Å²) in [5, 5.41) is 32.8. The molecule has 0 saturated carbocycles. The number of phenols is 2. The number of Topliss-reactive ketones (excluding diaryl/α,β-unsaturated/α-hetero) is 2. The number of rotatable bonds is 12. The third-order valence-electron chi connectivity index (χ3n) is 8.85. The average molecular weight is 1210 g/mol. The molecule has 71 heavy (non-hydrogen) atoms. The number of carbonyl (C=O) groups is 2. The SMILES string of the molecule is O=C1C(=NNc2cc(S(=O)(=O)O)ccc2O)C(S(=O)(=O)O)=Cc2cc(Nc3nc(Cl)nc(Nc4ccc5c(c4)C=C(S(=O)(=O)O)C(=NNc4cc(S(=O)(=O)O)ccc4O)C5=O)n3)ccc21.[Cu].[Cu].[Na+].[Na+].[Na+].[Na+]. The van der Waals surface area contributed by atoms with Gasteiger partial charge in [-0.3, -0.25) is 38.7 Å². The summed E-state index contributed by atoms with van der Waals surface area (Å²) in [6.45, 7) is 0. The van der Waals surface area contributed by atoms with E-state index in [0.717, 1.165) is 48.6 Å². The third-order valence-corrected chi connectivity index (χ3v) is 12.4. The molecule has 0 bridgehead atoms. The van der Waals surface area contributed by atoms with E-state index < -0.39 is 106 Å². The number of aromatic hydroxyl groups is 2. The Morgan fingerprint density at radius 1 is 0.493 bits per heavy atom. The van der Waals surface area contributed by atoms with Gasteiger partial charge in [0.1, 0.15) is 21.3 Å². The predicted octanol–water partition coefficient (Wildman–Crippen LogP) is -8.29. The first-order valence-corrected chi connectivity index (χ1v) is 23.4. The first-order valence-electron chi connectivity index (χ1n) is 17.3. The van der Waals surface area contributed by atoms with Gasteiger partial charge in [-0.05, 0) is 108 Å². The van der Waals surface area contributed by atoms with Crippen LogP contribution in [0.5, 0.6) is 11.5 Å². The Labute approximate surface area is 516 Å². The smallest absolute Gasteiger partial charge is 0.506 e. The second kappa shape index (κ2) is 26.0. The topological polar surface area (TPSA) is 404 Å². The molecule has 358 valence electrons. The van der Waals surface area contributed by atoms with Crippen LogP contribution in [0, 0.1) is 0 Å². The van der Waals surface area contributed by atoms with E-state index in [2.05, 4.69) is 46.6 Å². The minimum atomic E-state index is -5.16. The van der Waals surface area contributed by atoms with Gasteiger partial charge in [0.25, 0.3) is 40.5 Å². The molecule has 2 radical (unpaired) electrons. The fourth-order valence-corrected chi connectivity index (χ4v) is 8.41. The van der Waals surface area contributed by atoms with Crippen LogP contribution in [0.15, 0.2) is 103 Å². The van der Waals surface area contributed by atoms with E-state index in [1.165, 1.54) is 36.4 Å². The number of hydrazone groups is 2. The predicted molar refractivity (Wildman–Crippen MR) is 230 cm³/mol. The number of fused-ring (bicyclic) bond motifs is 2. The fraction of sp³-hybridized carbons (Fsp3) is 0. The van der Waals surface area contributed by atoms with Gasteiger partial charge in [-0.25, -0.2) is 0 Å². The molecular formula is C35H24ClCu2N9Na4O16S4+4. The summed E-state index contributed by atoms with van der Waals surface area (Å²) in [5.41, 5.74) is 1.56. The molecular weight excluding hydrogens is 1190 g/mol. The summed E-state index contributed by atoms with van der Waals surface area (Å²) in [6.07, 6.45) is 1.79. The first kappa shape index (κ1) is 66.8. The van der Waals surface area contributed by atoms with Crippen molar-refractivity contribution in [1.82, 2.24) is 15.0 Å². The molecule has 7 rings (SSSR count). The number of ketones is 2. The molecule has 0 amide bonds. The van der Waals surface area contributed by atoms with Crippen LogP contribution < -0.4 is 140 Å². The molecule has 25 nitrogen and oxygen atoms in total. The van der Waals surface area contributed by atoms with Gasteiger partial charge in [0.2, 0.25) is 28.7 Å². The van der Waals surface area contributed by atoms with Crippen LogP contribution in [-0.2, 0) is 74.6 Å². The Bertz CT molecular complexity index is 3340. The number of hydrogen-bond donors (Lipinski definition) is 10. The second-order valence-corrected chi connectivity index (χ2v) is 19.1. The van der Waals surface area contributed by atoms with Crippen molar-refractivity contribution < 1.29 is 224 Å². The molecule has 0 spiro atoms. The minimum Gasteiger partial charge on any atom is -0.506 e. The maximum absolute atomic E-state index is 13.5. The van der Waals surface area contributed by atoms with Crippen LogP contribution in [0.2, 0.25) is 5.28 Å². The van der Waals surface area contributed by atoms with Crippen molar-refractivity contribution in [2.75, 3.05) is 21.5 Å². The van der Waals surface area contributed by atoms with Crippen molar-refractivity contribution in [3.8, 4) is 11.5 Å². The van der Waals surface area contributed by atoms with Gasteiger partial charge in [-0.2, -0.15) is 58.8 Å². The van der Waals surface area contributed by atoms with Crippen molar-refractivity contribution in [2.45, 2.75) is 9.79 Å². The Kier molecular flexibility index (Phi) is 24.5. The van der Waals surface area contributed by atoms with Crippen LogP contribution in [0.3, 0.4) is 0 Å². The molecule has 36 heteroatoms. The van der Waals surface area contributed by atoms with Crippen molar-refractivity contribution >= 4 is 122 Å². The van der Waals surface area contributed by atoms with E-state index in [0.29, 0.717) is 0 Å². The summed E-state index contributed by atoms with van der Waals surface area (Å²) in [7, 11) is -19.8. The molecule has 4 aromatic carbocycles. The Morgan fingerprint density at radius 3 is 1.17 bits per heavy atom. The zero-order valence-electron chi connectivity index (χ0n) is 36.2. The van der Waals surface area contributed by atoms with Gasteiger partial charge in [0.15, 0.2) is 11.4 Å². The summed E-state index contributed by atoms with van der Waals surface area (Å²) in [5.74, 6) is -3.74. The number of hydrogen-bond acceptors (Lipinski definition) is 21. The molecule has 1 heterocycles. The summed E-state index contributed by atoms with van der Waals surface area (Å²) >= 11 is 6.16. The molecule has 10 N–H and O–H groups in total. The molecule has 0 saturated heterocycles. The number of phenolic OH excluding ortho intramolecular Hbond substituents is 2. The van der Waals surface area contributed by atoms with Crippen molar-refractivity contribution in [3.05, 3.63) is 110 Å². The van der Waals surface area contributed by atoms with Crippen molar-refractivity contribution in [2.24, 2.45) is 10.2 Å². The van der Waals surface area contributed by atoms with Crippen LogP contribution in [-0.4, -0.2) is 100 Å². The number of nitrogens with zero attached hydrogens (tertiary/aromatic N) is 5. The maximum atomic E-state index is 13.5. The summed E-state index contributed by atoms with van der Waals surface area (Å²) < 4.78 is 135. The quantitative estimate of drug-likeness (QED) is 0.0240. The van der Waals surface area contributed by atoms with Gasteiger partial charge in [-0.1, -0.05) is 0 Å². The number of nitrogens with one attached hydrogen (secondary N) is 4. The Balaban J connectivity index is 0.00000420. The number of anilines is 6. The van der Waals surface area contributed by atoms with E-state index in [-0.39, 0.29) is 203 Å². The molecule has 1 aromatic heterocycles. The first-order chi connectivity index (χ1) is 30.3.